The summed E-state index contributed by atoms with van der Waals surface area (Å²) in [7, 11) is 0. The molecule has 0 saturated carbocycles. The number of nitrogens with two attached hydrogens (primary N) is 1. The van der Waals surface area contributed by atoms with Gasteiger partial charge in [-0.2, -0.15) is 0 Å². The third-order valence-corrected chi connectivity index (χ3v) is 2.34. The number of carbonyl (C=O) groups is 2. The minimum Gasteiger partial charge on any atom is -0.321 e. The Morgan fingerprint density at radius 3 is 2.13 bits per heavy atom. The van der Waals surface area contributed by atoms with Gasteiger partial charge in [-0.15, -0.1) is 0 Å². The molecule has 1 aromatic rings. The van der Waals surface area contributed by atoms with E-state index in [0.29, 0.717) is 12.0 Å². The summed E-state index contributed by atoms with van der Waals surface area (Å²) < 4.78 is 0. The normalized spacial score (nSPS) is 12.2. The molecule has 0 heterocycles. The molecule has 15 heavy (non-hydrogen) atoms. The molecule has 1 unspecified atom stereocenters. The van der Waals surface area contributed by atoms with Crippen LogP contribution in [0.4, 0.5) is 0 Å². The summed E-state index contributed by atoms with van der Waals surface area (Å²) >= 11 is 0. The molecule has 0 aromatic heterocycles. The lowest BCUT2D eigenvalue weighted by molar-refractivity contribution is -0.118. The van der Waals surface area contributed by atoms with E-state index in [-0.39, 0.29) is 11.6 Å². The van der Waals surface area contributed by atoms with Crippen molar-refractivity contribution in [2.75, 3.05) is 0 Å². The topological polar surface area (TPSA) is 60.2 Å². The molecule has 0 fully saturated rings. The first-order valence-electron chi connectivity index (χ1n) is 4.86. The molecule has 3 nitrogen and oxygen atoms in total. The first-order chi connectivity index (χ1) is 7.00. The molecule has 3 heteroatoms. The second-order valence-corrected chi connectivity index (χ2v) is 3.67. The van der Waals surface area contributed by atoms with E-state index in [4.69, 9.17) is 5.73 Å². The number of rotatable bonds is 4. The number of ketones is 2. The fourth-order valence-corrected chi connectivity index (χ4v) is 1.27. The lowest BCUT2D eigenvalue weighted by Crippen LogP contribution is -2.30. The van der Waals surface area contributed by atoms with Crippen molar-refractivity contribution in [1.82, 2.24) is 0 Å². The van der Waals surface area contributed by atoms with Crippen molar-refractivity contribution in [3.05, 3.63) is 35.4 Å². The highest BCUT2D eigenvalue weighted by Crippen LogP contribution is 2.07. The molecule has 0 radical (unpaired) electrons. The van der Waals surface area contributed by atoms with Gasteiger partial charge >= 0.3 is 0 Å². The predicted molar refractivity (Wildman–Crippen MR) is 58.8 cm³/mol. The molecular formula is C12H15NO2. The minimum atomic E-state index is -0.451. The van der Waals surface area contributed by atoms with Crippen LogP contribution in [0.5, 0.6) is 0 Å². The standard InChI is InChI=1S/C12H15NO2/c1-8(14)11-5-3-10(4-6-11)7-12(13)9(2)15/h3-6,12H,7,13H2,1-2H3. The van der Waals surface area contributed by atoms with Crippen LogP contribution in [-0.2, 0) is 11.2 Å². The minimum absolute atomic E-state index is 0.0226. The fraction of sp³-hybridized carbons (Fsp3) is 0.333. The Morgan fingerprint density at radius 2 is 1.73 bits per heavy atom. The lowest BCUT2D eigenvalue weighted by Gasteiger charge is -2.07. The Bertz CT molecular complexity index is 368. The number of carbonyl (C=O) groups excluding carboxylic acids is 2. The van der Waals surface area contributed by atoms with Crippen molar-refractivity contribution in [3.63, 3.8) is 0 Å². The summed E-state index contributed by atoms with van der Waals surface area (Å²) in [5, 5.41) is 0. The SMILES string of the molecule is CC(=O)c1ccc(CC(N)C(C)=O)cc1. The van der Waals surface area contributed by atoms with Crippen molar-refractivity contribution < 1.29 is 9.59 Å². The summed E-state index contributed by atoms with van der Waals surface area (Å²) in [6.07, 6.45) is 0.521. The van der Waals surface area contributed by atoms with Crippen LogP contribution in [0, 0.1) is 0 Å². The third-order valence-electron chi connectivity index (χ3n) is 2.34. The molecule has 0 aliphatic rings. The van der Waals surface area contributed by atoms with Gasteiger partial charge in [0.15, 0.2) is 5.78 Å². The van der Waals surface area contributed by atoms with E-state index >= 15 is 0 Å². The summed E-state index contributed by atoms with van der Waals surface area (Å²) in [5.74, 6) is 0.0167. The molecule has 0 amide bonds. The van der Waals surface area contributed by atoms with Crippen molar-refractivity contribution in [1.29, 1.82) is 0 Å². The molecule has 80 valence electrons. The van der Waals surface area contributed by atoms with E-state index in [1.54, 1.807) is 12.1 Å². The van der Waals surface area contributed by atoms with Gasteiger partial charge in [-0.1, -0.05) is 24.3 Å². The van der Waals surface area contributed by atoms with Crippen LogP contribution >= 0.6 is 0 Å². The van der Waals surface area contributed by atoms with E-state index in [2.05, 4.69) is 0 Å². The van der Waals surface area contributed by atoms with Gasteiger partial charge in [0.1, 0.15) is 5.78 Å². The maximum atomic E-state index is 11.0. The van der Waals surface area contributed by atoms with E-state index < -0.39 is 6.04 Å². The molecule has 0 saturated heterocycles. The molecule has 2 N–H and O–H groups in total. The van der Waals surface area contributed by atoms with Crippen molar-refractivity contribution in [3.8, 4) is 0 Å². The number of hydrogen-bond donors (Lipinski definition) is 1. The molecule has 1 atom stereocenters. The van der Waals surface area contributed by atoms with Gasteiger partial charge in [0.05, 0.1) is 6.04 Å². The van der Waals surface area contributed by atoms with Crippen molar-refractivity contribution >= 4 is 11.6 Å². The average molecular weight is 205 g/mol. The van der Waals surface area contributed by atoms with Gasteiger partial charge in [0.2, 0.25) is 0 Å². The molecule has 0 spiro atoms. The Balaban J connectivity index is 2.72. The van der Waals surface area contributed by atoms with Gasteiger partial charge < -0.3 is 5.73 Å². The van der Waals surface area contributed by atoms with E-state index in [0.717, 1.165) is 5.56 Å². The van der Waals surface area contributed by atoms with Crippen LogP contribution in [0.2, 0.25) is 0 Å². The first kappa shape index (κ1) is 11.6. The fourth-order valence-electron chi connectivity index (χ4n) is 1.27. The number of hydrogen-bond acceptors (Lipinski definition) is 3. The summed E-state index contributed by atoms with van der Waals surface area (Å²) in [5.41, 5.74) is 7.28. The van der Waals surface area contributed by atoms with E-state index in [9.17, 15) is 9.59 Å². The molecular weight excluding hydrogens is 190 g/mol. The lowest BCUT2D eigenvalue weighted by atomic mass is 10.0. The summed E-state index contributed by atoms with van der Waals surface area (Å²) in [6.45, 7) is 3.00. The molecule has 1 rings (SSSR count). The quantitative estimate of drug-likeness (QED) is 0.755. The highest BCUT2D eigenvalue weighted by Gasteiger charge is 2.08. The predicted octanol–water partition coefficient (Wildman–Crippen LogP) is 1.35. The Hall–Kier alpha value is -1.48. The number of Topliss-reactive ketones (excluding diaryl/α,β-unsaturated/α-hetero) is 2. The Labute approximate surface area is 89.3 Å². The number of benzene rings is 1. The second kappa shape index (κ2) is 4.84. The van der Waals surface area contributed by atoms with Gasteiger partial charge in [0, 0.05) is 5.56 Å². The summed E-state index contributed by atoms with van der Waals surface area (Å²) in [4.78, 5) is 22.0. The van der Waals surface area contributed by atoms with Gasteiger partial charge in [-0.25, -0.2) is 0 Å². The van der Waals surface area contributed by atoms with Gasteiger partial charge in [-0.05, 0) is 25.8 Å². The van der Waals surface area contributed by atoms with Gasteiger partial charge in [-0.3, -0.25) is 9.59 Å². The smallest absolute Gasteiger partial charge is 0.159 e. The van der Waals surface area contributed by atoms with E-state index in [1.807, 2.05) is 12.1 Å². The maximum absolute atomic E-state index is 11.0. The first-order valence-corrected chi connectivity index (χ1v) is 4.86. The Kier molecular flexibility index (Phi) is 3.74. The van der Waals surface area contributed by atoms with Crippen LogP contribution in [0.25, 0.3) is 0 Å². The highest BCUT2D eigenvalue weighted by atomic mass is 16.1. The maximum Gasteiger partial charge on any atom is 0.159 e. The third kappa shape index (κ3) is 3.29. The molecule has 0 aliphatic carbocycles. The second-order valence-electron chi connectivity index (χ2n) is 3.67. The highest BCUT2D eigenvalue weighted by molar-refractivity contribution is 5.94. The van der Waals surface area contributed by atoms with Crippen molar-refractivity contribution in [2.45, 2.75) is 26.3 Å². The van der Waals surface area contributed by atoms with E-state index in [1.165, 1.54) is 13.8 Å². The zero-order valence-corrected chi connectivity index (χ0v) is 8.99. The average Bonchev–Trinajstić information content (AvgIpc) is 2.18. The van der Waals surface area contributed by atoms with Crippen LogP contribution in [0.3, 0.4) is 0 Å². The zero-order valence-electron chi connectivity index (χ0n) is 8.99. The van der Waals surface area contributed by atoms with Crippen molar-refractivity contribution in [2.24, 2.45) is 5.73 Å². The zero-order chi connectivity index (χ0) is 11.4. The summed E-state index contributed by atoms with van der Waals surface area (Å²) in [6, 6.07) is 6.72. The molecule has 1 aromatic carbocycles. The molecule has 0 bridgehead atoms. The Morgan fingerprint density at radius 1 is 1.20 bits per heavy atom. The van der Waals surface area contributed by atoms with Crippen LogP contribution < -0.4 is 5.73 Å². The van der Waals surface area contributed by atoms with Crippen LogP contribution in [0.1, 0.15) is 29.8 Å². The monoisotopic (exact) mass is 205 g/mol. The molecule has 0 aliphatic heterocycles. The van der Waals surface area contributed by atoms with Crippen LogP contribution in [0.15, 0.2) is 24.3 Å². The largest absolute Gasteiger partial charge is 0.321 e. The van der Waals surface area contributed by atoms with Crippen LogP contribution in [-0.4, -0.2) is 17.6 Å². The van der Waals surface area contributed by atoms with Gasteiger partial charge in [0.25, 0.3) is 0 Å².